The predicted molar refractivity (Wildman–Crippen MR) is 192 cm³/mol. The number of aliphatic imine (C=N–C) groups is 1. The standard InChI is InChI=1S/C41H36BN3/c1-27-22-28(2)41(29(3)23-27)32-20-21-38-36(24-32)35(31-16-10-7-11-17-31)26-40-43-39-25-34(30-14-8-6-9-15-30)33-18-12-13-19-37(33)44(39)42(4,5)45(38)40/h6-26H,1-5H3. The number of hydrogen-bond acceptors (Lipinski definition) is 2. The first-order valence-electron chi connectivity index (χ1n) is 16.0. The Morgan fingerprint density at radius 2 is 1.27 bits per heavy atom. The summed E-state index contributed by atoms with van der Waals surface area (Å²) in [7, 11) is 0. The predicted octanol–water partition coefficient (Wildman–Crippen LogP) is 9.93. The van der Waals surface area contributed by atoms with Crippen molar-refractivity contribution in [2.75, 3.05) is 4.81 Å². The number of para-hydroxylation sites is 1. The normalized spacial score (nSPS) is 14.7. The summed E-state index contributed by atoms with van der Waals surface area (Å²) in [4.78, 5) is 7.93. The minimum absolute atomic E-state index is 0.982. The highest BCUT2D eigenvalue weighted by atomic mass is 15.3. The van der Waals surface area contributed by atoms with E-state index in [1.165, 1.54) is 72.2 Å². The van der Waals surface area contributed by atoms with Crippen LogP contribution in [0.5, 0.6) is 0 Å². The highest BCUT2D eigenvalue weighted by Crippen LogP contribution is 2.44. The van der Waals surface area contributed by atoms with Gasteiger partial charge in [0.25, 0.3) is 12.2 Å². The maximum atomic E-state index is 5.44. The number of nitrogens with zero attached hydrogens (tertiary/aromatic N) is 3. The number of aromatic nitrogens is 1. The van der Waals surface area contributed by atoms with Gasteiger partial charge >= 0.3 is 0 Å². The monoisotopic (exact) mass is 581 g/mol. The number of aryl methyl sites for hydroxylation is 3. The molecule has 0 saturated heterocycles. The second kappa shape index (κ2) is 10.2. The summed E-state index contributed by atoms with van der Waals surface area (Å²) in [6, 6.07) is 44.1. The Bertz CT molecular complexity index is 2190. The molecule has 0 N–H and O–H groups in total. The van der Waals surface area contributed by atoms with Crippen molar-refractivity contribution in [1.82, 2.24) is 0 Å². The fourth-order valence-corrected chi connectivity index (χ4v) is 7.91. The minimum atomic E-state index is -1.32. The van der Waals surface area contributed by atoms with Crippen molar-refractivity contribution in [2.24, 2.45) is 4.99 Å². The lowest BCUT2D eigenvalue weighted by atomic mass is 9.47. The fraction of sp³-hybridized carbons (Fsp3) is 0.122. The highest BCUT2D eigenvalue weighted by Gasteiger charge is 2.43. The summed E-state index contributed by atoms with van der Waals surface area (Å²) in [6.45, 7) is 11.4. The average Bonchev–Trinajstić information content (AvgIpc) is 3.04. The van der Waals surface area contributed by atoms with Gasteiger partial charge in [-0.05, 0) is 82.9 Å². The molecular formula is C41H36BN3. The summed E-state index contributed by atoms with van der Waals surface area (Å²) in [6.07, 6.45) is 0.987. The van der Waals surface area contributed by atoms with Crippen molar-refractivity contribution in [1.29, 1.82) is 0 Å². The molecule has 4 heteroatoms. The second-order valence-electron chi connectivity index (χ2n) is 13.2. The van der Waals surface area contributed by atoms with Gasteiger partial charge in [0.2, 0.25) is 5.84 Å². The zero-order valence-electron chi connectivity index (χ0n) is 26.5. The second-order valence-corrected chi connectivity index (χ2v) is 13.2. The van der Waals surface area contributed by atoms with Gasteiger partial charge in [-0.1, -0.05) is 103 Å². The number of fused-ring (bicyclic) bond motifs is 6. The molecular weight excluding hydrogens is 545 g/mol. The van der Waals surface area contributed by atoms with E-state index in [9.17, 15) is 0 Å². The van der Waals surface area contributed by atoms with Gasteiger partial charge in [0, 0.05) is 34.3 Å². The Morgan fingerprint density at radius 1 is 0.622 bits per heavy atom. The summed E-state index contributed by atoms with van der Waals surface area (Å²) in [5, 5.41) is 1.24. The van der Waals surface area contributed by atoms with Gasteiger partial charge in [-0.2, -0.15) is 0 Å². The third kappa shape index (κ3) is 4.28. The Morgan fingerprint density at radius 3 is 1.98 bits per heavy atom. The Labute approximate surface area is 265 Å². The first kappa shape index (κ1) is 27.3. The first-order valence-corrected chi connectivity index (χ1v) is 16.0. The molecule has 0 spiro atoms. The van der Waals surface area contributed by atoms with Crippen molar-refractivity contribution >= 4 is 40.2 Å². The van der Waals surface area contributed by atoms with E-state index in [1.54, 1.807) is 0 Å². The molecule has 0 unspecified atom stereocenters. The van der Waals surface area contributed by atoms with Crippen LogP contribution in [-0.4, -0.2) is 12.3 Å². The molecule has 8 rings (SSSR count). The first-order chi connectivity index (χ1) is 21.8. The number of pyridine rings is 1. The minimum Gasteiger partial charge on any atom is -0.440 e. The Kier molecular flexibility index (Phi) is 6.18. The SMILES string of the molecule is Cc1cc(C)c(-c2ccc3c(c2)C(c2ccccc2)=CC2=Nc4cc(-c5ccccc5)c5ccccc5[n+]4[B-](C)(C)N23)c(C)c1. The summed E-state index contributed by atoms with van der Waals surface area (Å²) in [5.41, 5.74) is 14.9. The molecule has 2 aliphatic rings. The molecule has 0 radical (unpaired) electrons. The lowest BCUT2D eigenvalue weighted by Gasteiger charge is -2.48. The highest BCUT2D eigenvalue weighted by molar-refractivity contribution is 6.78. The average molecular weight is 582 g/mol. The zero-order valence-corrected chi connectivity index (χ0v) is 26.5. The largest absolute Gasteiger partial charge is 0.440 e. The van der Waals surface area contributed by atoms with Gasteiger partial charge in [-0.15, -0.1) is 13.6 Å². The van der Waals surface area contributed by atoms with Crippen LogP contribution in [0.1, 0.15) is 27.8 Å². The van der Waals surface area contributed by atoms with E-state index in [4.69, 9.17) is 4.99 Å². The van der Waals surface area contributed by atoms with Crippen LogP contribution in [0, 0.1) is 20.8 Å². The van der Waals surface area contributed by atoms with Crippen LogP contribution in [0.15, 0.2) is 132 Å². The van der Waals surface area contributed by atoms with E-state index in [0.29, 0.717) is 0 Å². The van der Waals surface area contributed by atoms with E-state index in [-0.39, 0.29) is 0 Å². The van der Waals surface area contributed by atoms with Gasteiger partial charge in [-0.25, -0.2) is 0 Å². The molecule has 3 heterocycles. The van der Waals surface area contributed by atoms with Crippen LogP contribution in [0.2, 0.25) is 13.6 Å². The molecule has 0 saturated carbocycles. The molecule has 3 nitrogen and oxygen atoms in total. The van der Waals surface area contributed by atoms with Gasteiger partial charge < -0.3 is 9.29 Å². The van der Waals surface area contributed by atoms with Crippen LogP contribution in [-0.2, 0) is 0 Å². The van der Waals surface area contributed by atoms with Gasteiger partial charge in [0.1, 0.15) is 0 Å². The van der Waals surface area contributed by atoms with Crippen molar-refractivity contribution in [3.63, 3.8) is 0 Å². The van der Waals surface area contributed by atoms with Gasteiger partial charge in [0.15, 0.2) is 0 Å². The van der Waals surface area contributed by atoms with Gasteiger partial charge in [-0.3, -0.25) is 0 Å². The van der Waals surface area contributed by atoms with Crippen molar-refractivity contribution in [3.8, 4) is 22.3 Å². The topological polar surface area (TPSA) is 19.5 Å². The summed E-state index contributed by atoms with van der Waals surface area (Å²) in [5.74, 6) is 1.97. The maximum absolute atomic E-state index is 5.44. The van der Waals surface area contributed by atoms with E-state index in [2.05, 4.69) is 171 Å². The quantitative estimate of drug-likeness (QED) is 0.190. The lowest BCUT2D eigenvalue weighted by molar-refractivity contribution is -0.503. The van der Waals surface area contributed by atoms with Crippen molar-refractivity contribution in [2.45, 2.75) is 34.4 Å². The third-order valence-electron chi connectivity index (χ3n) is 9.67. The third-order valence-corrected chi connectivity index (χ3v) is 9.67. The molecule has 0 amide bonds. The van der Waals surface area contributed by atoms with Crippen LogP contribution in [0.4, 0.5) is 11.5 Å². The smallest absolute Gasteiger partial charge is 0.286 e. The maximum Gasteiger partial charge on any atom is 0.286 e. The molecule has 0 bridgehead atoms. The molecule has 6 aromatic rings. The molecule has 218 valence electrons. The van der Waals surface area contributed by atoms with Crippen molar-refractivity contribution < 1.29 is 4.48 Å². The zero-order chi connectivity index (χ0) is 30.9. The fourth-order valence-electron chi connectivity index (χ4n) is 7.91. The summed E-state index contributed by atoms with van der Waals surface area (Å²) >= 11 is 0. The number of benzene rings is 5. The summed E-state index contributed by atoms with van der Waals surface area (Å²) < 4.78 is 2.47. The molecule has 2 aliphatic heterocycles. The molecule has 5 aromatic carbocycles. The lowest BCUT2D eigenvalue weighted by Crippen LogP contribution is -2.74. The van der Waals surface area contributed by atoms with Crippen LogP contribution >= 0.6 is 0 Å². The van der Waals surface area contributed by atoms with E-state index in [1.807, 2.05) is 0 Å². The molecule has 0 atom stereocenters. The van der Waals surface area contributed by atoms with E-state index in [0.717, 1.165) is 11.7 Å². The van der Waals surface area contributed by atoms with Crippen LogP contribution in [0.25, 0.3) is 38.7 Å². The van der Waals surface area contributed by atoms with Gasteiger partial charge in [0.05, 0.1) is 5.52 Å². The number of hydrogen-bond donors (Lipinski definition) is 0. The molecule has 45 heavy (non-hydrogen) atoms. The van der Waals surface area contributed by atoms with Crippen molar-refractivity contribution in [3.05, 3.63) is 155 Å². The van der Waals surface area contributed by atoms with Crippen LogP contribution < -0.4 is 9.29 Å². The number of anilines is 1. The van der Waals surface area contributed by atoms with Crippen LogP contribution in [0.3, 0.4) is 0 Å². The Hall–Kier alpha value is -5.22. The Balaban J connectivity index is 1.40. The molecule has 1 aromatic heterocycles. The van der Waals surface area contributed by atoms with E-state index < -0.39 is 6.42 Å². The molecule has 0 aliphatic carbocycles. The van der Waals surface area contributed by atoms with E-state index >= 15 is 0 Å². The number of amidine groups is 1. The molecule has 0 fully saturated rings. The number of rotatable bonds is 3.